The second-order valence-corrected chi connectivity index (χ2v) is 8.94. The summed E-state index contributed by atoms with van der Waals surface area (Å²) >= 11 is 0. The molecule has 0 bridgehead atoms. The predicted molar refractivity (Wildman–Crippen MR) is 125 cm³/mol. The Morgan fingerprint density at radius 2 is 1.50 bits per heavy atom. The number of carbonyl (C=O) groups is 2. The molecule has 1 saturated carbocycles. The molecular weight excluding hydrogens is 398 g/mol. The van der Waals surface area contributed by atoms with E-state index in [0.29, 0.717) is 17.4 Å². The Bertz CT molecular complexity index is 1150. The zero-order valence-corrected chi connectivity index (χ0v) is 18.5. The van der Waals surface area contributed by atoms with Gasteiger partial charge in [-0.05, 0) is 86.1 Å². The highest BCUT2D eigenvalue weighted by Crippen LogP contribution is 2.45. The van der Waals surface area contributed by atoms with Gasteiger partial charge in [0.15, 0.2) is 0 Å². The molecule has 3 aromatic carbocycles. The molecule has 3 aromatic rings. The Balaban J connectivity index is 1.33. The van der Waals surface area contributed by atoms with Gasteiger partial charge >= 0.3 is 0 Å². The minimum Gasteiger partial charge on any atom is -0.457 e. The third-order valence-corrected chi connectivity index (χ3v) is 7.07. The van der Waals surface area contributed by atoms with Crippen LogP contribution >= 0.6 is 0 Å². The first kappa shape index (κ1) is 20.5. The summed E-state index contributed by atoms with van der Waals surface area (Å²) in [7, 11) is 0. The Kier molecular flexibility index (Phi) is 5.30. The van der Waals surface area contributed by atoms with Crippen molar-refractivity contribution < 1.29 is 14.3 Å². The molecule has 32 heavy (non-hydrogen) atoms. The highest BCUT2D eigenvalue weighted by molar-refractivity contribution is 6.22. The van der Waals surface area contributed by atoms with Crippen LogP contribution in [0.25, 0.3) is 0 Å². The van der Waals surface area contributed by atoms with Crippen LogP contribution in [0.4, 0.5) is 5.69 Å². The number of amides is 2. The summed E-state index contributed by atoms with van der Waals surface area (Å²) in [6.07, 6.45) is 2.45. The Morgan fingerprint density at radius 3 is 2.25 bits per heavy atom. The number of aryl methyl sites for hydroxylation is 1. The first-order chi connectivity index (χ1) is 15.5. The van der Waals surface area contributed by atoms with Gasteiger partial charge in [-0.3, -0.25) is 14.5 Å². The van der Waals surface area contributed by atoms with Crippen LogP contribution in [0.5, 0.6) is 11.5 Å². The molecular formula is C28H27NO3. The van der Waals surface area contributed by atoms with Crippen LogP contribution in [0, 0.1) is 25.7 Å². The summed E-state index contributed by atoms with van der Waals surface area (Å²) in [5.74, 6) is 1.27. The van der Waals surface area contributed by atoms with Crippen molar-refractivity contribution in [2.75, 3.05) is 4.90 Å². The number of ether oxygens (including phenoxy) is 1. The van der Waals surface area contributed by atoms with Crippen molar-refractivity contribution >= 4 is 17.5 Å². The molecule has 1 aliphatic heterocycles. The van der Waals surface area contributed by atoms with Crippen LogP contribution < -0.4 is 9.64 Å². The number of hydrogen-bond acceptors (Lipinski definition) is 3. The van der Waals surface area contributed by atoms with E-state index in [1.807, 2.05) is 61.5 Å². The molecule has 0 radical (unpaired) electrons. The minimum absolute atomic E-state index is 0.0605. The summed E-state index contributed by atoms with van der Waals surface area (Å²) in [6.45, 7) is 4.09. The maximum absolute atomic E-state index is 13.3. The van der Waals surface area contributed by atoms with Crippen molar-refractivity contribution in [2.24, 2.45) is 11.8 Å². The first-order valence-electron chi connectivity index (χ1n) is 11.3. The van der Waals surface area contributed by atoms with E-state index in [4.69, 9.17) is 4.74 Å². The lowest BCUT2D eigenvalue weighted by Crippen LogP contribution is -2.30. The second-order valence-electron chi connectivity index (χ2n) is 8.94. The van der Waals surface area contributed by atoms with E-state index >= 15 is 0 Å². The van der Waals surface area contributed by atoms with Crippen LogP contribution in [0.15, 0.2) is 72.8 Å². The van der Waals surface area contributed by atoms with E-state index in [9.17, 15) is 9.59 Å². The third-order valence-electron chi connectivity index (χ3n) is 7.07. The van der Waals surface area contributed by atoms with Crippen molar-refractivity contribution in [3.05, 3.63) is 89.5 Å². The van der Waals surface area contributed by atoms with E-state index in [-0.39, 0.29) is 23.7 Å². The molecule has 0 spiro atoms. The quantitative estimate of drug-likeness (QED) is 0.470. The van der Waals surface area contributed by atoms with Crippen molar-refractivity contribution in [1.82, 2.24) is 0 Å². The molecule has 3 atom stereocenters. The van der Waals surface area contributed by atoms with Crippen molar-refractivity contribution in [3.8, 4) is 11.5 Å². The Hall–Kier alpha value is -3.40. The standard InChI is InChI=1S/C28H27NO3/c1-18-7-6-10-26(19(18)2)32-23-14-12-22(13-15-23)29-27(30)24-16-11-21(17-25(24)28(29)31)20-8-4-3-5-9-20/h3-10,12-15,21,24-25H,11,16-17H2,1-2H3. The van der Waals surface area contributed by atoms with Crippen LogP contribution in [0.2, 0.25) is 0 Å². The molecule has 1 aliphatic carbocycles. The zero-order valence-electron chi connectivity index (χ0n) is 18.5. The molecule has 0 aromatic heterocycles. The van der Waals surface area contributed by atoms with E-state index in [2.05, 4.69) is 25.1 Å². The topological polar surface area (TPSA) is 46.6 Å². The van der Waals surface area contributed by atoms with Gasteiger partial charge in [0.2, 0.25) is 11.8 Å². The smallest absolute Gasteiger partial charge is 0.237 e. The largest absolute Gasteiger partial charge is 0.457 e. The second kappa shape index (κ2) is 8.27. The molecule has 2 amide bonds. The van der Waals surface area contributed by atoms with Crippen LogP contribution in [-0.4, -0.2) is 11.8 Å². The lowest BCUT2D eigenvalue weighted by atomic mass is 9.73. The van der Waals surface area contributed by atoms with Crippen LogP contribution in [0.1, 0.15) is 41.9 Å². The number of benzene rings is 3. The number of fused-ring (bicyclic) bond motifs is 1. The summed E-state index contributed by atoms with van der Waals surface area (Å²) in [5, 5.41) is 0. The fraction of sp³-hybridized carbons (Fsp3) is 0.286. The van der Waals surface area contributed by atoms with Gasteiger partial charge in [0.05, 0.1) is 17.5 Å². The van der Waals surface area contributed by atoms with Gasteiger partial charge in [0.25, 0.3) is 0 Å². The summed E-state index contributed by atoms with van der Waals surface area (Å²) in [5.41, 5.74) is 4.15. The van der Waals surface area contributed by atoms with Crippen molar-refractivity contribution in [1.29, 1.82) is 0 Å². The summed E-state index contributed by atoms with van der Waals surface area (Å²) in [4.78, 5) is 27.8. The number of anilines is 1. The van der Waals surface area contributed by atoms with Gasteiger partial charge in [-0.15, -0.1) is 0 Å². The number of rotatable bonds is 4. The molecule has 1 heterocycles. The molecule has 0 N–H and O–H groups in total. The number of nitrogens with zero attached hydrogens (tertiary/aromatic N) is 1. The molecule has 4 heteroatoms. The van der Waals surface area contributed by atoms with Crippen molar-refractivity contribution in [2.45, 2.75) is 39.0 Å². The normalized spacial score (nSPS) is 22.7. The zero-order chi connectivity index (χ0) is 22.2. The van der Waals surface area contributed by atoms with E-state index in [0.717, 1.165) is 30.6 Å². The van der Waals surface area contributed by atoms with Crippen molar-refractivity contribution in [3.63, 3.8) is 0 Å². The van der Waals surface area contributed by atoms with Gasteiger partial charge in [0, 0.05) is 0 Å². The summed E-state index contributed by atoms with van der Waals surface area (Å²) in [6, 6.07) is 23.6. The number of hydrogen-bond donors (Lipinski definition) is 0. The first-order valence-corrected chi connectivity index (χ1v) is 11.3. The lowest BCUT2D eigenvalue weighted by molar-refractivity contribution is -0.122. The minimum atomic E-state index is -0.229. The van der Waals surface area contributed by atoms with E-state index in [1.165, 1.54) is 16.0 Å². The fourth-order valence-electron chi connectivity index (χ4n) is 5.09. The number of carbonyl (C=O) groups excluding carboxylic acids is 2. The molecule has 3 unspecified atom stereocenters. The highest BCUT2D eigenvalue weighted by Gasteiger charge is 2.50. The fourth-order valence-corrected chi connectivity index (χ4v) is 5.09. The Labute approximate surface area is 188 Å². The maximum atomic E-state index is 13.3. The van der Waals surface area contributed by atoms with E-state index < -0.39 is 0 Å². The molecule has 2 fully saturated rings. The molecule has 2 aliphatic rings. The highest BCUT2D eigenvalue weighted by atomic mass is 16.5. The van der Waals surface area contributed by atoms with Crippen LogP contribution in [-0.2, 0) is 9.59 Å². The monoisotopic (exact) mass is 425 g/mol. The molecule has 5 rings (SSSR count). The molecule has 162 valence electrons. The maximum Gasteiger partial charge on any atom is 0.237 e. The van der Waals surface area contributed by atoms with E-state index in [1.54, 1.807) is 0 Å². The predicted octanol–water partition coefficient (Wildman–Crippen LogP) is 6.17. The Morgan fingerprint density at radius 1 is 0.781 bits per heavy atom. The SMILES string of the molecule is Cc1cccc(Oc2ccc(N3C(=O)C4CCC(c5ccccc5)CC4C3=O)cc2)c1C. The molecule has 4 nitrogen and oxygen atoms in total. The van der Waals surface area contributed by atoms with Crippen LogP contribution in [0.3, 0.4) is 0 Å². The molecule has 1 saturated heterocycles. The van der Waals surface area contributed by atoms with Gasteiger partial charge in [-0.1, -0.05) is 42.5 Å². The third kappa shape index (κ3) is 3.60. The average molecular weight is 426 g/mol. The van der Waals surface area contributed by atoms with Gasteiger partial charge in [-0.25, -0.2) is 0 Å². The van der Waals surface area contributed by atoms with Gasteiger partial charge < -0.3 is 4.74 Å². The van der Waals surface area contributed by atoms with Gasteiger partial charge in [-0.2, -0.15) is 0 Å². The lowest BCUT2D eigenvalue weighted by Gasteiger charge is -2.28. The van der Waals surface area contributed by atoms with Gasteiger partial charge in [0.1, 0.15) is 11.5 Å². The number of imide groups is 1. The summed E-state index contributed by atoms with van der Waals surface area (Å²) < 4.78 is 6.03. The average Bonchev–Trinajstić information content (AvgIpc) is 3.07.